The Bertz CT molecular complexity index is 390. The summed E-state index contributed by atoms with van der Waals surface area (Å²) in [7, 11) is 0. The van der Waals surface area contributed by atoms with Crippen molar-refractivity contribution in [2.24, 2.45) is 5.92 Å². The summed E-state index contributed by atoms with van der Waals surface area (Å²) in [5.41, 5.74) is 1.41. The first-order valence-electron chi connectivity index (χ1n) is 6.03. The van der Waals surface area contributed by atoms with Crippen LogP contribution in [0.1, 0.15) is 60.5 Å². The lowest BCUT2D eigenvalue weighted by atomic mass is 10.0. The Hall–Kier alpha value is -1.25. The molecule has 1 aliphatic carbocycles. The van der Waals surface area contributed by atoms with Crippen LogP contribution in [0.3, 0.4) is 0 Å². The summed E-state index contributed by atoms with van der Waals surface area (Å²) >= 11 is 0. The van der Waals surface area contributed by atoms with Crippen molar-refractivity contribution in [1.82, 2.24) is 9.97 Å². The summed E-state index contributed by atoms with van der Waals surface area (Å²) in [6, 6.07) is 1.74. The lowest BCUT2D eigenvalue weighted by Gasteiger charge is -2.09. The summed E-state index contributed by atoms with van der Waals surface area (Å²) in [5.74, 6) is 2.15. The molecule has 1 heterocycles. The number of carbonyl (C=O) groups excluding carboxylic acids is 1. The highest BCUT2D eigenvalue weighted by atomic mass is 16.1. The third-order valence-corrected chi connectivity index (χ3v) is 3.50. The van der Waals surface area contributed by atoms with Crippen molar-refractivity contribution in [2.45, 2.75) is 45.4 Å². The van der Waals surface area contributed by atoms with E-state index in [1.54, 1.807) is 6.07 Å². The van der Waals surface area contributed by atoms with Crippen molar-refractivity contribution >= 4 is 6.29 Å². The van der Waals surface area contributed by atoms with E-state index < -0.39 is 0 Å². The van der Waals surface area contributed by atoms with Crippen LogP contribution in [-0.2, 0) is 0 Å². The quantitative estimate of drug-likeness (QED) is 0.733. The summed E-state index contributed by atoms with van der Waals surface area (Å²) in [6.07, 6.45) is 5.67. The molecule has 1 saturated carbocycles. The van der Waals surface area contributed by atoms with Gasteiger partial charge in [0.1, 0.15) is 11.5 Å². The summed E-state index contributed by atoms with van der Waals surface area (Å²) < 4.78 is 0. The fraction of sp³-hybridized carbons (Fsp3) is 0.615. The predicted molar refractivity (Wildman–Crippen MR) is 62.5 cm³/mol. The van der Waals surface area contributed by atoms with Crippen LogP contribution in [0.5, 0.6) is 0 Å². The molecule has 0 N–H and O–H groups in total. The second-order valence-electron chi connectivity index (χ2n) is 4.69. The SMILES string of the molecule is CCC1CCC(c2nc(C)cc(C=O)n2)C1. The first-order valence-corrected chi connectivity index (χ1v) is 6.03. The zero-order valence-corrected chi connectivity index (χ0v) is 9.94. The Kier molecular flexibility index (Phi) is 3.32. The van der Waals surface area contributed by atoms with Crippen LogP contribution < -0.4 is 0 Å². The topological polar surface area (TPSA) is 42.9 Å². The Labute approximate surface area is 96.3 Å². The Balaban J connectivity index is 2.20. The Morgan fingerprint density at radius 2 is 2.25 bits per heavy atom. The maximum Gasteiger partial charge on any atom is 0.168 e. The van der Waals surface area contributed by atoms with Gasteiger partial charge in [0.05, 0.1) is 0 Å². The van der Waals surface area contributed by atoms with Gasteiger partial charge in [0.15, 0.2) is 6.29 Å². The van der Waals surface area contributed by atoms with E-state index in [-0.39, 0.29) is 0 Å². The molecule has 2 atom stereocenters. The molecular formula is C13H18N2O. The lowest BCUT2D eigenvalue weighted by Crippen LogP contribution is -2.05. The van der Waals surface area contributed by atoms with E-state index in [1.807, 2.05) is 6.92 Å². The van der Waals surface area contributed by atoms with Gasteiger partial charge in [-0.05, 0) is 38.2 Å². The van der Waals surface area contributed by atoms with Gasteiger partial charge in [-0.2, -0.15) is 0 Å². The van der Waals surface area contributed by atoms with E-state index in [9.17, 15) is 4.79 Å². The molecule has 1 fully saturated rings. The Morgan fingerprint density at radius 1 is 1.44 bits per heavy atom. The van der Waals surface area contributed by atoms with E-state index in [2.05, 4.69) is 16.9 Å². The van der Waals surface area contributed by atoms with Crippen LogP contribution >= 0.6 is 0 Å². The molecule has 0 radical (unpaired) electrons. The molecule has 1 aromatic heterocycles. The molecule has 3 nitrogen and oxygen atoms in total. The molecule has 0 aromatic carbocycles. The second-order valence-corrected chi connectivity index (χ2v) is 4.69. The second kappa shape index (κ2) is 4.73. The highest BCUT2D eigenvalue weighted by Gasteiger charge is 2.26. The molecule has 3 heteroatoms. The first-order chi connectivity index (χ1) is 7.72. The van der Waals surface area contributed by atoms with E-state index in [0.29, 0.717) is 11.6 Å². The molecular weight excluding hydrogens is 200 g/mol. The summed E-state index contributed by atoms with van der Waals surface area (Å²) in [4.78, 5) is 19.5. The predicted octanol–water partition coefficient (Wildman–Crippen LogP) is 2.89. The molecule has 0 spiro atoms. The van der Waals surface area contributed by atoms with Gasteiger partial charge in [0, 0.05) is 11.6 Å². The summed E-state index contributed by atoms with van der Waals surface area (Å²) in [5, 5.41) is 0. The van der Waals surface area contributed by atoms with Crippen LogP contribution in [0, 0.1) is 12.8 Å². The van der Waals surface area contributed by atoms with Gasteiger partial charge in [0.25, 0.3) is 0 Å². The maximum atomic E-state index is 10.8. The molecule has 0 saturated heterocycles. The van der Waals surface area contributed by atoms with Crippen LogP contribution in [0.15, 0.2) is 6.07 Å². The maximum absolute atomic E-state index is 10.8. The van der Waals surface area contributed by atoms with Crippen LogP contribution in [-0.4, -0.2) is 16.3 Å². The van der Waals surface area contributed by atoms with E-state index in [4.69, 9.17) is 0 Å². The molecule has 16 heavy (non-hydrogen) atoms. The van der Waals surface area contributed by atoms with Gasteiger partial charge >= 0.3 is 0 Å². The van der Waals surface area contributed by atoms with Crippen molar-refractivity contribution < 1.29 is 4.79 Å². The van der Waals surface area contributed by atoms with Crippen molar-refractivity contribution in [3.63, 3.8) is 0 Å². The van der Waals surface area contributed by atoms with Gasteiger partial charge in [-0.15, -0.1) is 0 Å². The smallest absolute Gasteiger partial charge is 0.168 e. The van der Waals surface area contributed by atoms with Gasteiger partial charge in [-0.25, -0.2) is 9.97 Å². The normalized spacial score (nSPS) is 24.6. The third kappa shape index (κ3) is 2.29. The largest absolute Gasteiger partial charge is 0.296 e. The van der Waals surface area contributed by atoms with Gasteiger partial charge < -0.3 is 0 Å². The minimum absolute atomic E-state index is 0.462. The average Bonchev–Trinajstić information content (AvgIpc) is 2.76. The first kappa shape index (κ1) is 11.2. The lowest BCUT2D eigenvalue weighted by molar-refractivity contribution is 0.111. The van der Waals surface area contributed by atoms with Crippen LogP contribution in [0.2, 0.25) is 0 Å². The zero-order valence-electron chi connectivity index (χ0n) is 9.94. The average molecular weight is 218 g/mol. The minimum atomic E-state index is 0.462. The van der Waals surface area contributed by atoms with Crippen molar-refractivity contribution in [2.75, 3.05) is 0 Å². The van der Waals surface area contributed by atoms with Crippen molar-refractivity contribution in [3.8, 4) is 0 Å². The standard InChI is InChI=1S/C13H18N2O/c1-3-10-4-5-11(7-10)13-14-9(2)6-12(8-16)15-13/h6,8,10-11H,3-5,7H2,1-2H3. The number of aldehydes is 1. The van der Waals surface area contributed by atoms with E-state index in [0.717, 1.165) is 23.7 Å². The van der Waals surface area contributed by atoms with Crippen molar-refractivity contribution in [3.05, 3.63) is 23.3 Å². The summed E-state index contributed by atoms with van der Waals surface area (Å²) in [6.45, 7) is 4.16. The third-order valence-electron chi connectivity index (χ3n) is 3.50. The number of aromatic nitrogens is 2. The molecule has 1 aromatic rings. The van der Waals surface area contributed by atoms with Crippen LogP contribution in [0.4, 0.5) is 0 Å². The molecule has 1 aliphatic rings. The highest BCUT2D eigenvalue weighted by Crippen LogP contribution is 2.38. The molecule has 0 bridgehead atoms. The number of hydrogen-bond donors (Lipinski definition) is 0. The number of carbonyl (C=O) groups is 1. The highest BCUT2D eigenvalue weighted by molar-refractivity contribution is 5.71. The van der Waals surface area contributed by atoms with E-state index >= 15 is 0 Å². The fourth-order valence-corrected chi connectivity index (χ4v) is 2.54. The van der Waals surface area contributed by atoms with Crippen LogP contribution in [0.25, 0.3) is 0 Å². The van der Waals surface area contributed by atoms with Crippen molar-refractivity contribution in [1.29, 1.82) is 0 Å². The molecule has 2 unspecified atom stereocenters. The van der Waals surface area contributed by atoms with Gasteiger partial charge in [-0.1, -0.05) is 13.3 Å². The molecule has 0 aliphatic heterocycles. The molecule has 86 valence electrons. The minimum Gasteiger partial charge on any atom is -0.296 e. The number of hydrogen-bond acceptors (Lipinski definition) is 3. The number of rotatable bonds is 3. The number of nitrogens with zero attached hydrogens (tertiary/aromatic N) is 2. The zero-order chi connectivity index (χ0) is 11.5. The fourth-order valence-electron chi connectivity index (χ4n) is 2.54. The van der Waals surface area contributed by atoms with Gasteiger partial charge in [-0.3, -0.25) is 4.79 Å². The molecule has 2 rings (SSSR count). The monoisotopic (exact) mass is 218 g/mol. The Morgan fingerprint density at radius 3 is 2.88 bits per heavy atom. The number of aryl methyl sites for hydroxylation is 1. The van der Waals surface area contributed by atoms with Gasteiger partial charge in [0.2, 0.25) is 0 Å². The van der Waals surface area contributed by atoms with E-state index in [1.165, 1.54) is 25.7 Å². The molecule has 0 amide bonds.